The van der Waals surface area contributed by atoms with Crippen LogP contribution in [0.5, 0.6) is 0 Å². The molecule has 1 aliphatic heterocycles. The highest BCUT2D eigenvalue weighted by atomic mass is 35.5. The molecule has 7 heteroatoms. The molecule has 20 heavy (non-hydrogen) atoms. The number of benzene rings is 1. The van der Waals surface area contributed by atoms with Gasteiger partial charge in [-0.3, -0.25) is 9.59 Å². The number of amides is 2. The van der Waals surface area contributed by atoms with Crippen molar-refractivity contribution in [1.29, 1.82) is 0 Å². The highest BCUT2D eigenvalue weighted by molar-refractivity contribution is 6.35. The third-order valence-electron chi connectivity index (χ3n) is 3.20. The molecular weight excluding hydrogens is 301 g/mol. The molecule has 0 saturated carbocycles. The highest BCUT2D eigenvalue weighted by Gasteiger charge is 2.24. The number of hydrogen-bond acceptors (Lipinski definition) is 3. The molecule has 0 radical (unpaired) electrons. The SMILES string of the molecule is NCC(=O)N1CCN(C(=O)c2cc(Cl)cc(Cl)c2)CC1. The van der Waals surface area contributed by atoms with Crippen molar-refractivity contribution in [2.75, 3.05) is 32.7 Å². The van der Waals surface area contributed by atoms with E-state index >= 15 is 0 Å². The fourth-order valence-electron chi connectivity index (χ4n) is 2.15. The average Bonchev–Trinajstić information content (AvgIpc) is 2.45. The maximum Gasteiger partial charge on any atom is 0.254 e. The lowest BCUT2D eigenvalue weighted by atomic mass is 10.2. The van der Waals surface area contributed by atoms with Gasteiger partial charge in [-0.1, -0.05) is 23.2 Å². The lowest BCUT2D eigenvalue weighted by Crippen LogP contribution is -2.51. The zero-order chi connectivity index (χ0) is 14.7. The van der Waals surface area contributed by atoms with Crippen LogP contribution >= 0.6 is 23.2 Å². The van der Waals surface area contributed by atoms with Gasteiger partial charge in [-0.15, -0.1) is 0 Å². The number of nitrogens with two attached hydrogens (primary N) is 1. The summed E-state index contributed by atoms with van der Waals surface area (Å²) in [6, 6.07) is 4.76. The van der Waals surface area contributed by atoms with E-state index in [4.69, 9.17) is 28.9 Å². The van der Waals surface area contributed by atoms with E-state index in [9.17, 15) is 9.59 Å². The fourth-order valence-corrected chi connectivity index (χ4v) is 2.67. The monoisotopic (exact) mass is 315 g/mol. The molecule has 0 bridgehead atoms. The molecule has 0 atom stereocenters. The van der Waals surface area contributed by atoms with E-state index < -0.39 is 0 Å². The van der Waals surface area contributed by atoms with Crippen molar-refractivity contribution >= 4 is 35.0 Å². The Morgan fingerprint density at radius 2 is 1.50 bits per heavy atom. The topological polar surface area (TPSA) is 66.6 Å². The molecule has 1 aromatic rings. The molecule has 108 valence electrons. The molecule has 2 rings (SSSR count). The van der Waals surface area contributed by atoms with Crippen molar-refractivity contribution in [3.63, 3.8) is 0 Å². The molecule has 1 heterocycles. The second-order valence-electron chi connectivity index (χ2n) is 4.54. The van der Waals surface area contributed by atoms with Crippen LogP contribution in [0.2, 0.25) is 10.0 Å². The summed E-state index contributed by atoms with van der Waals surface area (Å²) in [6.07, 6.45) is 0. The summed E-state index contributed by atoms with van der Waals surface area (Å²) < 4.78 is 0. The van der Waals surface area contributed by atoms with E-state index in [0.29, 0.717) is 41.8 Å². The van der Waals surface area contributed by atoms with E-state index in [1.54, 1.807) is 28.0 Å². The Labute approximate surface area is 127 Å². The van der Waals surface area contributed by atoms with Crippen molar-refractivity contribution in [1.82, 2.24) is 9.80 Å². The molecule has 5 nitrogen and oxygen atoms in total. The molecule has 0 aromatic heterocycles. The van der Waals surface area contributed by atoms with Gasteiger partial charge in [0.25, 0.3) is 5.91 Å². The number of carbonyl (C=O) groups is 2. The molecule has 1 aromatic carbocycles. The van der Waals surface area contributed by atoms with Gasteiger partial charge >= 0.3 is 0 Å². The predicted molar refractivity (Wildman–Crippen MR) is 78.0 cm³/mol. The maximum absolute atomic E-state index is 12.3. The Morgan fingerprint density at radius 3 is 2.00 bits per heavy atom. The predicted octanol–water partition coefficient (Wildman–Crippen LogP) is 1.24. The minimum Gasteiger partial charge on any atom is -0.338 e. The van der Waals surface area contributed by atoms with Crippen molar-refractivity contribution < 1.29 is 9.59 Å². The summed E-state index contributed by atoms with van der Waals surface area (Å²) in [5, 5.41) is 0.857. The van der Waals surface area contributed by atoms with Crippen molar-refractivity contribution in [3.8, 4) is 0 Å². The Morgan fingerprint density at radius 1 is 1.00 bits per heavy atom. The van der Waals surface area contributed by atoms with Crippen LogP contribution < -0.4 is 5.73 Å². The van der Waals surface area contributed by atoms with Gasteiger partial charge in [0.05, 0.1) is 6.54 Å². The molecule has 1 aliphatic rings. The van der Waals surface area contributed by atoms with Crippen molar-refractivity contribution in [3.05, 3.63) is 33.8 Å². The first-order valence-corrected chi connectivity index (χ1v) is 7.00. The second-order valence-corrected chi connectivity index (χ2v) is 5.41. The number of piperazine rings is 1. The van der Waals surface area contributed by atoms with Crippen LogP contribution in [0.25, 0.3) is 0 Å². The maximum atomic E-state index is 12.3. The van der Waals surface area contributed by atoms with Crippen LogP contribution in [0.3, 0.4) is 0 Å². The summed E-state index contributed by atoms with van der Waals surface area (Å²) in [5.41, 5.74) is 5.78. The summed E-state index contributed by atoms with van der Waals surface area (Å²) in [7, 11) is 0. The zero-order valence-electron chi connectivity index (χ0n) is 10.8. The molecule has 0 aliphatic carbocycles. The Balaban J connectivity index is 2.03. The third-order valence-corrected chi connectivity index (χ3v) is 3.64. The minimum atomic E-state index is -0.130. The van der Waals surface area contributed by atoms with E-state index in [1.807, 2.05) is 0 Å². The second kappa shape index (κ2) is 6.43. The Hall–Kier alpha value is -1.30. The summed E-state index contributed by atoms with van der Waals surface area (Å²) in [4.78, 5) is 27.1. The molecule has 0 unspecified atom stereocenters. The van der Waals surface area contributed by atoms with E-state index in [1.165, 1.54) is 0 Å². The number of carbonyl (C=O) groups excluding carboxylic acids is 2. The molecule has 1 saturated heterocycles. The third kappa shape index (κ3) is 3.42. The van der Waals surface area contributed by atoms with Crippen molar-refractivity contribution in [2.24, 2.45) is 5.73 Å². The van der Waals surface area contributed by atoms with E-state index in [2.05, 4.69) is 0 Å². The van der Waals surface area contributed by atoms with Gasteiger partial charge < -0.3 is 15.5 Å². The summed E-state index contributed by atoms with van der Waals surface area (Å²) in [6.45, 7) is 1.95. The zero-order valence-corrected chi connectivity index (χ0v) is 12.3. The number of rotatable bonds is 2. The van der Waals surface area contributed by atoms with E-state index in [-0.39, 0.29) is 18.4 Å². The fraction of sp³-hybridized carbons (Fsp3) is 0.385. The smallest absolute Gasteiger partial charge is 0.254 e. The Kier molecular flexibility index (Phi) is 4.86. The van der Waals surface area contributed by atoms with Crippen molar-refractivity contribution in [2.45, 2.75) is 0 Å². The largest absolute Gasteiger partial charge is 0.338 e. The highest BCUT2D eigenvalue weighted by Crippen LogP contribution is 2.20. The van der Waals surface area contributed by atoms with Crippen LogP contribution in [0, 0.1) is 0 Å². The summed E-state index contributed by atoms with van der Waals surface area (Å²) >= 11 is 11.8. The number of halogens is 2. The van der Waals surface area contributed by atoms with Gasteiger partial charge in [0, 0.05) is 41.8 Å². The van der Waals surface area contributed by atoms with Gasteiger partial charge in [0.15, 0.2) is 0 Å². The van der Waals surface area contributed by atoms with Gasteiger partial charge in [0.1, 0.15) is 0 Å². The molecule has 1 fully saturated rings. The lowest BCUT2D eigenvalue weighted by Gasteiger charge is -2.34. The number of hydrogen-bond donors (Lipinski definition) is 1. The first kappa shape index (κ1) is 15.1. The van der Waals surface area contributed by atoms with E-state index in [0.717, 1.165) is 0 Å². The van der Waals surface area contributed by atoms with Crippen LogP contribution in [-0.2, 0) is 4.79 Å². The van der Waals surface area contributed by atoms with Crippen LogP contribution in [-0.4, -0.2) is 54.3 Å². The quantitative estimate of drug-likeness (QED) is 0.892. The molecular formula is C13H15Cl2N3O2. The first-order valence-electron chi connectivity index (χ1n) is 6.24. The Bertz CT molecular complexity index is 508. The standard InChI is InChI=1S/C13H15Cl2N3O2/c14-10-5-9(6-11(15)7-10)13(20)18-3-1-17(2-4-18)12(19)8-16/h5-7H,1-4,8,16H2. The van der Waals surface area contributed by atoms with Gasteiger partial charge in [-0.25, -0.2) is 0 Å². The molecule has 0 spiro atoms. The van der Waals surface area contributed by atoms with Gasteiger partial charge in [-0.05, 0) is 18.2 Å². The van der Waals surface area contributed by atoms with Crippen LogP contribution in [0.1, 0.15) is 10.4 Å². The molecule has 2 amide bonds. The minimum absolute atomic E-state index is 0.00214. The first-order chi connectivity index (χ1) is 9.51. The average molecular weight is 316 g/mol. The molecule has 2 N–H and O–H groups in total. The lowest BCUT2D eigenvalue weighted by molar-refractivity contribution is -0.131. The van der Waals surface area contributed by atoms with Gasteiger partial charge in [-0.2, -0.15) is 0 Å². The summed E-state index contributed by atoms with van der Waals surface area (Å²) in [5.74, 6) is -0.225. The van der Waals surface area contributed by atoms with Crippen LogP contribution in [0.4, 0.5) is 0 Å². The van der Waals surface area contributed by atoms with Crippen LogP contribution in [0.15, 0.2) is 18.2 Å². The van der Waals surface area contributed by atoms with Gasteiger partial charge in [0.2, 0.25) is 5.91 Å². The normalized spacial score (nSPS) is 15.3. The number of nitrogens with zero attached hydrogens (tertiary/aromatic N) is 2.